The molecule has 2 rings (SSSR count). The number of likely N-dealkylation sites (tertiary alicyclic amines) is 1. The van der Waals surface area contributed by atoms with Crippen LogP contribution in [0.1, 0.15) is 13.3 Å². The van der Waals surface area contributed by atoms with Crippen LogP contribution in [-0.4, -0.2) is 53.1 Å². The van der Waals surface area contributed by atoms with E-state index in [2.05, 4.69) is 10.3 Å². The third kappa shape index (κ3) is 5.04. The Bertz CT molecular complexity index is 600. The van der Waals surface area contributed by atoms with Crippen LogP contribution in [0.25, 0.3) is 0 Å². The summed E-state index contributed by atoms with van der Waals surface area (Å²) in [6, 6.07) is 3.94. The fourth-order valence-corrected chi connectivity index (χ4v) is 2.60. The van der Waals surface area contributed by atoms with E-state index < -0.39 is 31.0 Å². The van der Waals surface area contributed by atoms with Crippen LogP contribution >= 0.6 is 0 Å². The molecule has 24 heavy (non-hydrogen) atoms. The van der Waals surface area contributed by atoms with Crippen molar-refractivity contribution in [2.45, 2.75) is 19.8 Å². The fraction of sp³-hybridized carbons (Fsp3) is 0.533. The minimum Gasteiger partial charge on any atom is -0.481 e. The third-order valence-corrected chi connectivity index (χ3v) is 3.61. The third-order valence-electron chi connectivity index (χ3n) is 3.61. The van der Waals surface area contributed by atoms with Gasteiger partial charge in [0.2, 0.25) is 5.88 Å². The zero-order valence-electron chi connectivity index (χ0n) is 13.1. The van der Waals surface area contributed by atoms with E-state index >= 15 is 0 Å². The van der Waals surface area contributed by atoms with Gasteiger partial charge in [-0.2, -0.15) is 4.98 Å². The van der Waals surface area contributed by atoms with Crippen molar-refractivity contribution in [1.82, 2.24) is 9.88 Å². The number of ether oxygens (including phenoxy) is 1. The van der Waals surface area contributed by atoms with Crippen LogP contribution in [-0.2, 0) is 4.79 Å². The Kier molecular flexibility index (Phi) is 5.88. The van der Waals surface area contributed by atoms with Crippen molar-refractivity contribution in [2.24, 2.45) is 11.8 Å². The molecule has 132 valence electrons. The molecular weight excluding hydrogens is 324 g/mol. The SMILES string of the molecule is CC1CC(C(=O)O)CN(C(=O)Nc2cccc(OCC(F)F)n2)C1. The lowest BCUT2D eigenvalue weighted by atomic mass is 9.91. The van der Waals surface area contributed by atoms with Crippen molar-refractivity contribution in [3.8, 4) is 5.88 Å². The second-order valence-corrected chi connectivity index (χ2v) is 5.77. The van der Waals surface area contributed by atoms with Gasteiger partial charge in [0.05, 0.1) is 5.92 Å². The Morgan fingerprint density at radius 1 is 1.46 bits per heavy atom. The lowest BCUT2D eigenvalue weighted by Crippen LogP contribution is -2.47. The van der Waals surface area contributed by atoms with Crippen LogP contribution in [0.3, 0.4) is 0 Å². The molecule has 0 radical (unpaired) electrons. The summed E-state index contributed by atoms with van der Waals surface area (Å²) < 4.78 is 29.1. The number of rotatable bonds is 5. The number of pyridine rings is 1. The van der Waals surface area contributed by atoms with Gasteiger partial charge in [-0.15, -0.1) is 0 Å². The highest BCUT2D eigenvalue weighted by Gasteiger charge is 2.32. The van der Waals surface area contributed by atoms with Gasteiger partial charge >= 0.3 is 12.0 Å². The summed E-state index contributed by atoms with van der Waals surface area (Å²) in [4.78, 5) is 28.8. The van der Waals surface area contributed by atoms with Crippen molar-refractivity contribution in [1.29, 1.82) is 0 Å². The molecule has 7 nitrogen and oxygen atoms in total. The molecule has 0 aromatic carbocycles. The molecule has 2 atom stereocenters. The number of aliphatic carboxylic acids is 1. The number of alkyl halides is 2. The average molecular weight is 343 g/mol. The Morgan fingerprint density at radius 3 is 2.88 bits per heavy atom. The number of anilines is 1. The monoisotopic (exact) mass is 343 g/mol. The molecular formula is C15H19F2N3O4. The highest BCUT2D eigenvalue weighted by molar-refractivity contribution is 5.88. The normalized spacial score (nSPS) is 20.8. The largest absolute Gasteiger partial charge is 0.481 e. The Labute approximate surface area is 137 Å². The summed E-state index contributed by atoms with van der Waals surface area (Å²) in [5, 5.41) is 11.7. The van der Waals surface area contributed by atoms with Gasteiger partial charge < -0.3 is 14.7 Å². The number of nitrogens with one attached hydrogen (secondary N) is 1. The molecule has 1 fully saturated rings. The van der Waals surface area contributed by atoms with Crippen LogP contribution in [0.2, 0.25) is 0 Å². The number of urea groups is 1. The second kappa shape index (κ2) is 7.89. The van der Waals surface area contributed by atoms with E-state index in [1.54, 1.807) is 0 Å². The Morgan fingerprint density at radius 2 is 2.21 bits per heavy atom. The van der Waals surface area contributed by atoms with Gasteiger partial charge in [-0.1, -0.05) is 13.0 Å². The van der Waals surface area contributed by atoms with Crippen molar-refractivity contribution in [3.05, 3.63) is 18.2 Å². The highest BCUT2D eigenvalue weighted by Crippen LogP contribution is 2.22. The van der Waals surface area contributed by atoms with E-state index in [9.17, 15) is 18.4 Å². The zero-order valence-corrected chi connectivity index (χ0v) is 13.1. The van der Waals surface area contributed by atoms with Crippen LogP contribution in [0.5, 0.6) is 5.88 Å². The number of halogens is 2. The van der Waals surface area contributed by atoms with Gasteiger partial charge in [0.1, 0.15) is 5.82 Å². The second-order valence-electron chi connectivity index (χ2n) is 5.77. The number of hydrogen-bond donors (Lipinski definition) is 2. The molecule has 1 aliphatic heterocycles. The first-order valence-corrected chi connectivity index (χ1v) is 7.52. The molecule has 2 unspecified atom stereocenters. The molecule has 2 N–H and O–H groups in total. The Balaban J connectivity index is 1.98. The van der Waals surface area contributed by atoms with Gasteiger partial charge in [-0.25, -0.2) is 13.6 Å². The van der Waals surface area contributed by atoms with Gasteiger partial charge in [0, 0.05) is 19.2 Å². The minimum absolute atomic E-state index is 0.0245. The number of carbonyl (C=O) groups excluding carboxylic acids is 1. The van der Waals surface area contributed by atoms with Crippen molar-refractivity contribution in [2.75, 3.05) is 25.0 Å². The average Bonchev–Trinajstić information content (AvgIpc) is 2.52. The highest BCUT2D eigenvalue weighted by atomic mass is 19.3. The van der Waals surface area contributed by atoms with Crippen LogP contribution in [0, 0.1) is 11.8 Å². The molecule has 1 aromatic rings. The number of nitrogens with zero attached hydrogens (tertiary/aromatic N) is 2. The van der Waals surface area contributed by atoms with Gasteiger partial charge in [-0.05, 0) is 18.4 Å². The first-order chi connectivity index (χ1) is 11.3. The number of amides is 2. The van der Waals surface area contributed by atoms with E-state index in [4.69, 9.17) is 9.84 Å². The summed E-state index contributed by atoms with van der Waals surface area (Å²) in [6.45, 7) is 1.66. The van der Waals surface area contributed by atoms with Gasteiger partial charge in [-0.3, -0.25) is 10.1 Å². The number of hydrogen-bond acceptors (Lipinski definition) is 4. The summed E-state index contributed by atoms with van der Waals surface area (Å²) in [6.07, 6.45) is -2.10. The zero-order chi connectivity index (χ0) is 17.7. The first kappa shape index (κ1) is 17.9. The van der Waals surface area contributed by atoms with Crippen molar-refractivity contribution >= 4 is 17.8 Å². The number of aromatic nitrogens is 1. The van der Waals surface area contributed by atoms with Crippen LogP contribution < -0.4 is 10.1 Å². The van der Waals surface area contributed by atoms with E-state index in [0.717, 1.165) is 0 Å². The minimum atomic E-state index is -2.62. The summed E-state index contributed by atoms with van der Waals surface area (Å²) in [5.74, 6) is -1.34. The topological polar surface area (TPSA) is 91.8 Å². The fourth-order valence-electron chi connectivity index (χ4n) is 2.60. The molecule has 2 amide bonds. The molecule has 9 heteroatoms. The van der Waals surface area contributed by atoms with Crippen LogP contribution in [0.4, 0.5) is 19.4 Å². The molecule has 0 spiro atoms. The molecule has 0 bridgehead atoms. The number of carboxylic acid groups (broad SMARTS) is 1. The predicted molar refractivity (Wildman–Crippen MR) is 81.2 cm³/mol. The molecule has 0 aliphatic carbocycles. The molecule has 0 saturated carbocycles. The standard InChI is InChI=1S/C15H19F2N3O4/c1-9-5-10(14(21)22)7-20(6-9)15(23)19-12-3-2-4-13(18-12)24-8-11(16)17/h2-4,9-11H,5-8H2,1H3,(H,21,22)(H,18,19,23). The lowest BCUT2D eigenvalue weighted by Gasteiger charge is -2.34. The lowest BCUT2D eigenvalue weighted by molar-refractivity contribution is -0.143. The van der Waals surface area contributed by atoms with E-state index in [-0.39, 0.29) is 24.2 Å². The summed E-state index contributed by atoms with van der Waals surface area (Å²) >= 11 is 0. The first-order valence-electron chi connectivity index (χ1n) is 7.52. The molecule has 1 saturated heterocycles. The smallest absolute Gasteiger partial charge is 0.323 e. The predicted octanol–water partition coefficient (Wildman–Crippen LogP) is 2.30. The summed E-state index contributed by atoms with van der Waals surface area (Å²) in [7, 11) is 0. The quantitative estimate of drug-likeness (QED) is 0.856. The maximum atomic E-state index is 12.3. The van der Waals surface area contributed by atoms with Crippen molar-refractivity contribution in [3.63, 3.8) is 0 Å². The number of carbonyl (C=O) groups is 2. The molecule has 1 aromatic heterocycles. The van der Waals surface area contributed by atoms with Gasteiger partial charge in [0.25, 0.3) is 6.43 Å². The summed E-state index contributed by atoms with van der Waals surface area (Å²) in [5.41, 5.74) is 0. The van der Waals surface area contributed by atoms with Gasteiger partial charge in [0.15, 0.2) is 6.61 Å². The van der Waals surface area contributed by atoms with E-state index in [1.165, 1.54) is 23.1 Å². The Hall–Kier alpha value is -2.45. The van der Waals surface area contributed by atoms with E-state index in [1.807, 2.05) is 6.92 Å². The number of piperidine rings is 1. The van der Waals surface area contributed by atoms with Crippen molar-refractivity contribution < 1.29 is 28.2 Å². The van der Waals surface area contributed by atoms with Crippen LogP contribution in [0.15, 0.2) is 18.2 Å². The molecule has 1 aliphatic rings. The number of carboxylic acids is 1. The molecule has 2 heterocycles. The maximum Gasteiger partial charge on any atom is 0.323 e. The maximum absolute atomic E-state index is 12.3. The van der Waals surface area contributed by atoms with E-state index in [0.29, 0.717) is 13.0 Å².